The first-order valence-corrected chi connectivity index (χ1v) is 5.42. The number of alkyl halides is 3. The Morgan fingerprint density at radius 3 is 2.35 bits per heavy atom. The fourth-order valence-electron chi connectivity index (χ4n) is 1.36. The minimum atomic E-state index is -4.32. The van der Waals surface area contributed by atoms with Crippen molar-refractivity contribution >= 4 is 11.7 Å². The topological polar surface area (TPSA) is 58.2 Å². The molecular formula is C10H15F3N2O2. The Morgan fingerprint density at radius 2 is 1.94 bits per heavy atom. The van der Waals surface area contributed by atoms with Gasteiger partial charge in [-0.15, -0.1) is 0 Å². The summed E-state index contributed by atoms with van der Waals surface area (Å²) in [5.74, 6) is -1.63. The van der Waals surface area contributed by atoms with Gasteiger partial charge in [-0.05, 0) is 26.3 Å². The van der Waals surface area contributed by atoms with Gasteiger partial charge in [-0.1, -0.05) is 0 Å². The van der Waals surface area contributed by atoms with Crippen LogP contribution in [0.4, 0.5) is 13.2 Å². The molecule has 7 heteroatoms. The maximum absolute atomic E-state index is 12.0. The number of hydrogen-bond acceptors (Lipinski definition) is 3. The van der Waals surface area contributed by atoms with Crippen molar-refractivity contribution < 1.29 is 22.8 Å². The van der Waals surface area contributed by atoms with Crippen LogP contribution >= 0.6 is 0 Å². The molecule has 98 valence electrons. The van der Waals surface area contributed by atoms with Crippen LogP contribution in [0.2, 0.25) is 0 Å². The minimum Gasteiger partial charge on any atom is -0.347 e. The lowest BCUT2D eigenvalue weighted by Gasteiger charge is -2.15. The van der Waals surface area contributed by atoms with Gasteiger partial charge in [-0.2, -0.15) is 13.2 Å². The van der Waals surface area contributed by atoms with Crippen LogP contribution in [0.5, 0.6) is 0 Å². The highest BCUT2D eigenvalue weighted by atomic mass is 19.4. The highest BCUT2D eigenvalue weighted by Gasteiger charge is 2.33. The molecule has 1 aliphatic rings. The number of carbonyl (C=O) groups excluding carboxylic acids is 2. The standard InChI is InChI=1S/C10H15F3N2O2/c1-14-7(4-5-10(11,12)13)8(16)9(17)15-6-2-3-6/h6-7,14H,2-5H2,1H3,(H,15,17). The van der Waals surface area contributed by atoms with Crippen LogP contribution < -0.4 is 10.6 Å². The lowest BCUT2D eigenvalue weighted by Crippen LogP contribution is -2.45. The van der Waals surface area contributed by atoms with E-state index in [1.54, 1.807) is 0 Å². The molecule has 1 unspecified atom stereocenters. The maximum atomic E-state index is 12.0. The third-order valence-corrected chi connectivity index (χ3v) is 2.52. The second-order valence-electron chi connectivity index (χ2n) is 4.11. The highest BCUT2D eigenvalue weighted by molar-refractivity contribution is 6.38. The predicted octanol–water partition coefficient (Wildman–Crippen LogP) is 0.765. The molecule has 1 aliphatic carbocycles. The Kier molecular flexibility index (Phi) is 4.50. The van der Waals surface area contributed by atoms with Crippen LogP contribution in [0.25, 0.3) is 0 Å². The van der Waals surface area contributed by atoms with E-state index in [0.29, 0.717) is 0 Å². The molecule has 1 rings (SSSR count). The summed E-state index contributed by atoms with van der Waals surface area (Å²) >= 11 is 0. The van der Waals surface area contributed by atoms with Gasteiger partial charge in [-0.25, -0.2) is 0 Å². The third kappa shape index (κ3) is 5.16. The summed E-state index contributed by atoms with van der Waals surface area (Å²) in [7, 11) is 1.36. The summed E-state index contributed by atoms with van der Waals surface area (Å²) in [4.78, 5) is 22.8. The van der Waals surface area contributed by atoms with E-state index in [9.17, 15) is 22.8 Å². The molecule has 0 aromatic heterocycles. The molecule has 0 heterocycles. The van der Waals surface area contributed by atoms with Crippen LogP contribution in [0.3, 0.4) is 0 Å². The number of Topliss-reactive ketones (excluding diaryl/α,β-unsaturated/α-hetero) is 1. The number of hydrogen-bond donors (Lipinski definition) is 2. The van der Waals surface area contributed by atoms with E-state index < -0.39 is 36.8 Å². The Bertz CT molecular complexity index is 300. The van der Waals surface area contributed by atoms with E-state index in [0.717, 1.165) is 12.8 Å². The monoisotopic (exact) mass is 252 g/mol. The van der Waals surface area contributed by atoms with Crippen LogP contribution in [-0.2, 0) is 9.59 Å². The first kappa shape index (κ1) is 14.0. The van der Waals surface area contributed by atoms with Crippen molar-refractivity contribution in [1.29, 1.82) is 0 Å². The molecular weight excluding hydrogens is 237 g/mol. The number of halogens is 3. The molecule has 0 aromatic rings. The molecule has 1 saturated carbocycles. The normalized spacial score (nSPS) is 17.6. The van der Waals surface area contributed by atoms with E-state index in [1.807, 2.05) is 0 Å². The molecule has 0 aromatic carbocycles. The molecule has 0 saturated heterocycles. The quantitative estimate of drug-likeness (QED) is 0.686. The largest absolute Gasteiger partial charge is 0.389 e. The van der Waals surface area contributed by atoms with Crippen LogP contribution in [0, 0.1) is 0 Å². The van der Waals surface area contributed by atoms with Gasteiger partial charge in [0.25, 0.3) is 5.91 Å². The van der Waals surface area contributed by atoms with E-state index in [2.05, 4.69) is 10.6 Å². The predicted molar refractivity (Wildman–Crippen MR) is 54.3 cm³/mol. The van der Waals surface area contributed by atoms with Gasteiger partial charge < -0.3 is 10.6 Å². The average Bonchev–Trinajstić information content (AvgIpc) is 3.00. The van der Waals surface area contributed by atoms with Crippen molar-refractivity contribution in [3.05, 3.63) is 0 Å². The second kappa shape index (κ2) is 5.48. The molecule has 17 heavy (non-hydrogen) atoms. The van der Waals surface area contributed by atoms with Gasteiger partial charge in [0.05, 0.1) is 6.04 Å². The van der Waals surface area contributed by atoms with Crippen LogP contribution in [0.15, 0.2) is 0 Å². The first-order valence-electron chi connectivity index (χ1n) is 5.42. The molecule has 0 spiro atoms. The molecule has 1 atom stereocenters. The lowest BCUT2D eigenvalue weighted by atomic mass is 10.1. The average molecular weight is 252 g/mol. The van der Waals surface area contributed by atoms with E-state index in [1.165, 1.54) is 7.05 Å². The van der Waals surface area contributed by atoms with Crippen molar-refractivity contribution in [1.82, 2.24) is 10.6 Å². The van der Waals surface area contributed by atoms with Crippen LogP contribution in [0.1, 0.15) is 25.7 Å². The Morgan fingerprint density at radius 1 is 1.35 bits per heavy atom. The molecule has 1 fully saturated rings. The summed E-state index contributed by atoms with van der Waals surface area (Å²) in [6, 6.07) is -1.05. The van der Waals surface area contributed by atoms with Gasteiger partial charge in [0, 0.05) is 12.5 Å². The lowest BCUT2D eigenvalue weighted by molar-refractivity contribution is -0.144. The zero-order chi connectivity index (χ0) is 13.1. The third-order valence-electron chi connectivity index (χ3n) is 2.52. The van der Waals surface area contributed by atoms with Gasteiger partial charge in [0.2, 0.25) is 5.78 Å². The summed E-state index contributed by atoms with van der Waals surface area (Å²) in [5, 5.41) is 4.89. The summed E-state index contributed by atoms with van der Waals surface area (Å²) in [6.45, 7) is 0. The van der Waals surface area contributed by atoms with Crippen molar-refractivity contribution in [3.63, 3.8) is 0 Å². The minimum absolute atomic E-state index is 0.0200. The van der Waals surface area contributed by atoms with Crippen molar-refractivity contribution in [2.24, 2.45) is 0 Å². The maximum Gasteiger partial charge on any atom is 0.389 e. The number of amides is 1. The van der Waals surface area contributed by atoms with E-state index in [-0.39, 0.29) is 6.04 Å². The highest BCUT2D eigenvalue weighted by Crippen LogP contribution is 2.22. The fraction of sp³-hybridized carbons (Fsp3) is 0.800. The van der Waals surface area contributed by atoms with Gasteiger partial charge in [-0.3, -0.25) is 9.59 Å². The number of likely N-dealkylation sites (N-methyl/N-ethyl adjacent to an activating group) is 1. The molecule has 0 bridgehead atoms. The van der Waals surface area contributed by atoms with Gasteiger partial charge in [0.1, 0.15) is 0 Å². The summed E-state index contributed by atoms with van der Waals surface area (Å²) < 4.78 is 36.0. The fourth-order valence-corrected chi connectivity index (χ4v) is 1.36. The summed E-state index contributed by atoms with van der Waals surface area (Å²) in [6.07, 6.45) is -4.17. The van der Waals surface area contributed by atoms with Crippen LogP contribution in [-0.4, -0.2) is 37.0 Å². The zero-order valence-corrected chi connectivity index (χ0v) is 9.43. The number of ketones is 1. The van der Waals surface area contributed by atoms with E-state index >= 15 is 0 Å². The molecule has 1 amide bonds. The Labute approximate surface area is 96.9 Å². The van der Waals surface area contributed by atoms with Crippen molar-refractivity contribution in [2.75, 3.05) is 7.05 Å². The number of carbonyl (C=O) groups is 2. The second-order valence-corrected chi connectivity index (χ2v) is 4.11. The van der Waals surface area contributed by atoms with Crippen molar-refractivity contribution in [3.8, 4) is 0 Å². The van der Waals surface area contributed by atoms with Gasteiger partial charge >= 0.3 is 6.18 Å². The molecule has 0 aliphatic heterocycles. The summed E-state index contributed by atoms with van der Waals surface area (Å²) in [5.41, 5.74) is 0. The Hall–Kier alpha value is -1.11. The number of rotatable bonds is 6. The van der Waals surface area contributed by atoms with Gasteiger partial charge in [0.15, 0.2) is 0 Å². The first-order chi connectivity index (χ1) is 7.83. The van der Waals surface area contributed by atoms with E-state index in [4.69, 9.17) is 0 Å². The smallest absolute Gasteiger partial charge is 0.347 e. The van der Waals surface area contributed by atoms with Crippen molar-refractivity contribution in [2.45, 2.75) is 43.9 Å². The SMILES string of the molecule is CNC(CCC(F)(F)F)C(=O)C(=O)NC1CC1. The molecule has 0 radical (unpaired) electrons. The molecule has 2 N–H and O–H groups in total. The molecule has 4 nitrogen and oxygen atoms in total. The Balaban J connectivity index is 2.41. The number of nitrogens with one attached hydrogen (secondary N) is 2. The zero-order valence-electron chi connectivity index (χ0n) is 9.43.